The summed E-state index contributed by atoms with van der Waals surface area (Å²) >= 11 is 0. The first-order valence-electron chi connectivity index (χ1n) is 8.84. The number of hydrogen-bond acceptors (Lipinski definition) is 5. The molecule has 0 spiro atoms. The molecular formula is C20H21N3O4. The normalized spacial score (nSPS) is 21.5. The van der Waals surface area contributed by atoms with Crippen LogP contribution in [0.3, 0.4) is 0 Å². The van der Waals surface area contributed by atoms with Crippen molar-refractivity contribution in [1.29, 1.82) is 0 Å². The molecule has 4 rings (SSSR count). The van der Waals surface area contributed by atoms with Crippen LogP contribution in [-0.2, 0) is 11.3 Å². The molecule has 1 unspecified atom stereocenters. The van der Waals surface area contributed by atoms with Gasteiger partial charge in [0.25, 0.3) is 5.91 Å². The summed E-state index contributed by atoms with van der Waals surface area (Å²) in [5.74, 6) is -0.235. The number of aromatic nitrogens is 1. The van der Waals surface area contributed by atoms with Gasteiger partial charge in [0.1, 0.15) is 13.3 Å². The zero-order chi connectivity index (χ0) is 18.9. The van der Waals surface area contributed by atoms with Gasteiger partial charge in [-0.2, -0.15) is 0 Å². The Balaban J connectivity index is 1.69. The van der Waals surface area contributed by atoms with Crippen LogP contribution < -0.4 is 15.6 Å². The van der Waals surface area contributed by atoms with Crippen LogP contribution in [-0.4, -0.2) is 40.9 Å². The standard InChI is InChI=1S/C20H21N3O4/c1-2-20(9-11-26-13-20)22-14-21-23-10-8-16(24)18(17(23)19(22)25)27-12-15-6-4-3-5-7-15/h2-8,10,21H,1,9,11-14H2. The summed E-state index contributed by atoms with van der Waals surface area (Å²) < 4.78 is 12.8. The molecule has 0 aliphatic carbocycles. The number of nitrogens with one attached hydrogen (secondary N) is 1. The molecule has 0 bridgehead atoms. The van der Waals surface area contributed by atoms with Crippen LogP contribution in [0.4, 0.5) is 0 Å². The zero-order valence-corrected chi connectivity index (χ0v) is 14.9. The summed E-state index contributed by atoms with van der Waals surface area (Å²) in [5, 5.41) is 0. The topological polar surface area (TPSA) is 72.8 Å². The molecular weight excluding hydrogens is 346 g/mol. The van der Waals surface area contributed by atoms with E-state index in [1.807, 2.05) is 30.3 Å². The Kier molecular flexibility index (Phi) is 4.45. The fraction of sp³-hybridized carbons (Fsp3) is 0.300. The highest BCUT2D eigenvalue weighted by atomic mass is 16.5. The van der Waals surface area contributed by atoms with Crippen LogP contribution in [0.1, 0.15) is 22.5 Å². The van der Waals surface area contributed by atoms with Gasteiger partial charge in [-0.1, -0.05) is 36.4 Å². The van der Waals surface area contributed by atoms with Crippen molar-refractivity contribution in [1.82, 2.24) is 9.58 Å². The van der Waals surface area contributed by atoms with E-state index in [0.29, 0.717) is 26.3 Å². The molecule has 1 atom stereocenters. The van der Waals surface area contributed by atoms with E-state index >= 15 is 0 Å². The van der Waals surface area contributed by atoms with E-state index in [2.05, 4.69) is 12.0 Å². The van der Waals surface area contributed by atoms with Gasteiger partial charge in [-0.15, -0.1) is 6.58 Å². The number of rotatable bonds is 5. The minimum Gasteiger partial charge on any atom is -0.482 e. The van der Waals surface area contributed by atoms with Crippen molar-refractivity contribution in [3.63, 3.8) is 0 Å². The predicted molar refractivity (Wildman–Crippen MR) is 100 cm³/mol. The van der Waals surface area contributed by atoms with Gasteiger partial charge in [0.05, 0.1) is 12.1 Å². The van der Waals surface area contributed by atoms with Crippen LogP contribution >= 0.6 is 0 Å². The molecule has 1 aromatic carbocycles. The number of pyridine rings is 1. The second kappa shape index (κ2) is 6.92. The van der Waals surface area contributed by atoms with Crippen molar-refractivity contribution < 1.29 is 14.3 Å². The third-order valence-electron chi connectivity index (χ3n) is 5.08. The van der Waals surface area contributed by atoms with Crippen molar-refractivity contribution in [2.24, 2.45) is 0 Å². The maximum absolute atomic E-state index is 13.3. The number of ether oxygens (including phenoxy) is 2. The van der Waals surface area contributed by atoms with Gasteiger partial charge in [0.15, 0.2) is 11.4 Å². The molecule has 1 amide bonds. The maximum Gasteiger partial charge on any atom is 0.278 e. The minimum atomic E-state index is -0.585. The summed E-state index contributed by atoms with van der Waals surface area (Å²) in [7, 11) is 0. The van der Waals surface area contributed by atoms with Crippen LogP contribution in [0.2, 0.25) is 0 Å². The summed E-state index contributed by atoms with van der Waals surface area (Å²) in [5.41, 5.74) is 3.34. The second-order valence-electron chi connectivity index (χ2n) is 6.66. The summed E-state index contributed by atoms with van der Waals surface area (Å²) in [6, 6.07) is 10.9. The molecule has 0 saturated carbocycles. The van der Waals surface area contributed by atoms with Gasteiger partial charge < -0.3 is 19.8 Å². The zero-order valence-electron chi connectivity index (χ0n) is 14.9. The average Bonchev–Trinajstić information content (AvgIpc) is 3.18. The lowest BCUT2D eigenvalue weighted by Gasteiger charge is -2.41. The summed E-state index contributed by atoms with van der Waals surface area (Å²) in [6.07, 6.45) is 3.97. The number of fused-ring (bicyclic) bond motifs is 1. The Morgan fingerprint density at radius 3 is 2.78 bits per heavy atom. The van der Waals surface area contributed by atoms with Gasteiger partial charge in [-0.05, 0) is 12.0 Å². The number of amides is 1. The number of carbonyl (C=O) groups is 1. The molecule has 2 aromatic rings. The maximum atomic E-state index is 13.3. The van der Waals surface area contributed by atoms with Crippen LogP contribution in [0, 0.1) is 0 Å². The number of nitrogens with zero attached hydrogens (tertiary/aromatic N) is 2. The van der Waals surface area contributed by atoms with E-state index in [9.17, 15) is 9.59 Å². The highest BCUT2D eigenvalue weighted by Crippen LogP contribution is 2.31. The molecule has 3 heterocycles. The molecule has 7 heteroatoms. The molecule has 7 nitrogen and oxygen atoms in total. The Morgan fingerprint density at radius 1 is 1.26 bits per heavy atom. The van der Waals surface area contributed by atoms with E-state index in [0.717, 1.165) is 5.56 Å². The monoisotopic (exact) mass is 367 g/mol. The molecule has 1 N–H and O–H groups in total. The Hall–Kier alpha value is -3.06. The van der Waals surface area contributed by atoms with Gasteiger partial charge >= 0.3 is 0 Å². The lowest BCUT2D eigenvalue weighted by Crippen LogP contribution is -2.57. The number of benzene rings is 1. The van der Waals surface area contributed by atoms with Gasteiger partial charge in [0.2, 0.25) is 5.43 Å². The van der Waals surface area contributed by atoms with Gasteiger partial charge in [-0.25, -0.2) is 0 Å². The number of hydrogen-bond donors (Lipinski definition) is 1. The molecule has 2 aliphatic heterocycles. The molecule has 1 saturated heterocycles. The van der Waals surface area contributed by atoms with Crippen LogP contribution in [0.15, 0.2) is 60.0 Å². The van der Waals surface area contributed by atoms with Crippen molar-refractivity contribution in [3.05, 3.63) is 76.7 Å². The Bertz CT molecular complexity index is 917. The Morgan fingerprint density at radius 2 is 2.07 bits per heavy atom. The highest BCUT2D eigenvalue weighted by Gasteiger charge is 2.44. The highest BCUT2D eigenvalue weighted by molar-refractivity contribution is 5.96. The molecule has 27 heavy (non-hydrogen) atoms. The molecule has 1 aromatic heterocycles. The smallest absolute Gasteiger partial charge is 0.278 e. The quantitative estimate of drug-likeness (QED) is 0.815. The van der Waals surface area contributed by atoms with Crippen LogP contribution in [0.25, 0.3) is 0 Å². The fourth-order valence-corrected chi connectivity index (χ4v) is 3.48. The minimum absolute atomic E-state index is 0.0432. The fourth-order valence-electron chi connectivity index (χ4n) is 3.48. The SMILES string of the molecule is C=CC1(N2CNn3ccc(=O)c(OCc4ccccc4)c3C2=O)CCOC1. The lowest BCUT2D eigenvalue weighted by molar-refractivity contribution is 0.0493. The van der Waals surface area contributed by atoms with E-state index < -0.39 is 5.54 Å². The third kappa shape index (κ3) is 3.00. The van der Waals surface area contributed by atoms with E-state index in [1.54, 1.807) is 21.8 Å². The van der Waals surface area contributed by atoms with Crippen molar-refractivity contribution in [3.8, 4) is 5.75 Å². The largest absolute Gasteiger partial charge is 0.482 e. The Labute approximate surface area is 156 Å². The van der Waals surface area contributed by atoms with Crippen molar-refractivity contribution >= 4 is 5.91 Å². The second-order valence-corrected chi connectivity index (χ2v) is 6.66. The first kappa shape index (κ1) is 17.4. The molecule has 140 valence electrons. The van der Waals surface area contributed by atoms with E-state index in [-0.39, 0.29) is 29.4 Å². The number of carbonyl (C=O) groups excluding carboxylic acids is 1. The summed E-state index contributed by atoms with van der Waals surface area (Å²) in [6.45, 7) is 5.35. The third-order valence-corrected chi connectivity index (χ3v) is 5.08. The molecule has 1 fully saturated rings. The van der Waals surface area contributed by atoms with Crippen LogP contribution in [0.5, 0.6) is 5.75 Å². The summed E-state index contributed by atoms with van der Waals surface area (Å²) in [4.78, 5) is 27.4. The van der Waals surface area contributed by atoms with E-state index in [4.69, 9.17) is 9.47 Å². The van der Waals surface area contributed by atoms with Gasteiger partial charge in [-0.3, -0.25) is 14.3 Å². The van der Waals surface area contributed by atoms with Crippen molar-refractivity contribution in [2.75, 3.05) is 25.3 Å². The van der Waals surface area contributed by atoms with E-state index in [1.165, 1.54) is 6.07 Å². The van der Waals surface area contributed by atoms with Crippen molar-refractivity contribution in [2.45, 2.75) is 18.6 Å². The predicted octanol–water partition coefficient (Wildman–Crippen LogP) is 1.73. The first-order chi connectivity index (χ1) is 13.1. The lowest BCUT2D eigenvalue weighted by atomic mass is 9.96. The van der Waals surface area contributed by atoms with Gasteiger partial charge in [0, 0.05) is 18.9 Å². The molecule has 2 aliphatic rings. The average molecular weight is 367 g/mol. The molecule has 0 radical (unpaired) electrons. The first-order valence-corrected chi connectivity index (χ1v) is 8.84.